The van der Waals surface area contributed by atoms with Crippen molar-refractivity contribution in [1.29, 1.82) is 0 Å². The monoisotopic (exact) mass is 297 g/mol. The van der Waals surface area contributed by atoms with Gasteiger partial charge in [-0.1, -0.05) is 6.42 Å². The summed E-state index contributed by atoms with van der Waals surface area (Å²) in [6.07, 6.45) is 4.94. The second-order valence-electron chi connectivity index (χ2n) is 4.89. The number of aromatic nitrogens is 1. The van der Waals surface area contributed by atoms with Gasteiger partial charge in [-0.3, -0.25) is 4.79 Å². The van der Waals surface area contributed by atoms with Crippen LogP contribution < -0.4 is 10.6 Å². The van der Waals surface area contributed by atoms with E-state index in [1.54, 1.807) is 0 Å². The van der Waals surface area contributed by atoms with Crippen molar-refractivity contribution in [2.75, 3.05) is 6.54 Å². The number of aromatic carboxylic acids is 1. The summed E-state index contributed by atoms with van der Waals surface area (Å²) in [5.74, 6) is -1.05. The van der Waals surface area contributed by atoms with Gasteiger partial charge >= 0.3 is 5.97 Å². The SMILES string of the molecule is O=C(CCC1CCCCN1)NCc1nc(C(=O)O)cs1. The average Bonchev–Trinajstić information content (AvgIpc) is 2.93. The fourth-order valence-electron chi connectivity index (χ4n) is 2.23. The van der Waals surface area contributed by atoms with Crippen molar-refractivity contribution in [3.05, 3.63) is 16.1 Å². The van der Waals surface area contributed by atoms with E-state index in [4.69, 9.17) is 5.11 Å². The van der Waals surface area contributed by atoms with Crippen LogP contribution in [0, 0.1) is 0 Å². The van der Waals surface area contributed by atoms with Gasteiger partial charge in [0.1, 0.15) is 5.01 Å². The molecule has 3 N–H and O–H groups in total. The third-order valence-corrected chi connectivity index (χ3v) is 4.19. The smallest absolute Gasteiger partial charge is 0.355 e. The van der Waals surface area contributed by atoms with Gasteiger partial charge in [0.05, 0.1) is 6.54 Å². The van der Waals surface area contributed by atoms with Gasteiger partial charge in [0, 0.05) is 17.8 Å². The van der Waals surface area contributed by atoms with E-state index < -0.39 is 5.97 Å². The molecule has 1 aromatic heterocycles. The summed E-state index contributed by atoms with van der Waals surface area (Å²) in [4.78, 5) is 26.3. The van der Waals surface area contributed by atoms with Gasteiger partial charge in [-0.25, -0.2) is 9.78 Å². The molecule has 0 aliphatic carbocycles. The lowest BCUT2D eigenvalue weighted by Crippen LogP contribution is -2.35. The predicted octanol–water partition coefficient (Wildman–Crippen LogP) is 1.38. The highest BCUT2D eigenvalue weighted by atomic mass is 32.1. The minimum absolute atomic E-state index is 0.00977. The van der Waals surface area contributed by atoms with Crippen LogP contribution in [0.5, 0.6) is 0 Å². The second kappa shape index (κ2) is 7.35. The highest BCUT2D eigenvalue weighted by Crippen LogP contribution is 2.12. The summed E-state index contributed by atoms with van der Waals surface area (Å²) in [6, 6.07) is 0.452. The van der Waals surface area contributed by atoms with E-state index in [-0.39, 0.29) is 11.6 Å². The van der Waals surface area contributed by atoms with Crippen LogP contribution in [-0.4, -0.2) is 34.6 Å². The Morgan fingerprint density at radius 1 is 1.50 bits per heavy atom. The van der Waals surface area contributed by atoms with E-state index in [0.717, 1.165) is 19.4 Å². The molecule has 0 spiro atoms. The standard InChI is InChI=1S/C13H19N3O3S/c17-11(5-4-9-3-1-2-6-14-9)15-7-12-16-10(8-20-12)13(18)19/h8-9,14H,1-7H2,(H,15,17)(H,18,19). The third-order valence-electron chi connectivity index (χ3n) is 3.34. The van der Waals surface area contributed by atoms with Crippen LogP contribution >= 0.6 is 11.3 Å². The number of piperidine rings is 1. The Bertz CT molecular complexity index is 469. The summed E-state index contributed by atoms with van der Waals surface area (Å²) in [5.41, 5.74) is 0.0330. The summed E-state index contributed by atoms with van der Waals surface area (Å²) in [5, 5.41) is 17.0. The molecular formula is C13H19N3O3S. The molecule has 1 aliphatic rings. The predicted molar refractivity (Wildman–Crippen MR) is 75.8 cm³/mol. The fraction of sp³-hybridized carbons (Fsp3) is 0.615. The molecule has 2 rings (SSSR count). The first-order valence-corrected chi connectivity index (χ1v) is 7.71. The molecule has 20 heavy (non-hydrogen) atoms. The Labute approximate surface area is 121 Å². The van der Waals surface area contributed by atoms with E-state index in [1.165, 1.54) is 29.6 Å². The van der Waals surface area contributed by atoms with Crippen molar-refractivity contribution in [2.24, 2.45) is 0 Å². The fourth-order valence-corrected chi connectivity index (χ4v) is 2.94. The van der Waals surface area contributed by atoms with Crippen LogP contribution in [0.2, 0.25) is 0 Å². The van der Waals surface area contributed by atoms with E-state index in [2.05, 4.69) is 15.6 Å². The molecular weight excluding hydrogens is 278 g/mol. The molecule has 1 aliphatic heterocycles. The van der Waals surface area contributed by atoms with Crippen LogP contribution in [0.3, 0.4) is 0 Å². The maximum Gasteiger partial charge on any atom is 0.355 e. The number of nitrogens with zero attached hydrogens (tertiary/aromatic N) is 1. The Balaban J connectivity index is 1.67. The zero-order valence-electron chi connectivity index (χ0n) is 11.2. The van der Waals surface area contributed by atoms with Gasteiger partial charge < -0.3 is 15.7 Å². The number of thiazole rings is 1. The lowest BCUT2D eigenvalue weighted by atomic mass is 10.0. The Morgan fingerprint density at radius 2 is 2.35 bits per heavy atom. The van der Waals surface area contributed by atoms with Crippen LogP contribution in [0.25, 0.3) is 0 Å². The number of nitrogens with one attached hydrogen (secondary N) is 2. The van der Waals surface area contributed by atoms with E-state index >= 15 is 0 Å². The third kappa shape index (κ3) is 4.57. The van der Waals surface area contributed by atoms with Gasteiger partial charge in [-0.05, 0) is 25.8 Å². The van der Waals surface area contributed by atoms with Gasteiger partial charge in [0.15, 0.2) is 5.69 Å². The molecule has 0 saturated carbocycles. The van der Waals surface area contributed by atoms with Crippen molar-refractivity contribution in [2.45, 2.75) is 44.7 Å². The minimum atomic E-state index is -1.04. The van der Waals surface area contributed by atoms with Crippen LogP contribution in [0.1, 0.15) is 47.6 Å². The van der Waals surface area contributed by atoms with E-state index in [0.29, 0.717) is 24.0 Å². The largest absolute Gasteiger partial charge is 0.476 e. The molecule has 0 aromatic carbocycles. The summed E-state index contributed by atoms with van der Waals surface area (Å²) in [7, 11) is 0. The Kier molecular flexibility index (Phi) is 5.49. The first-order valence-electron chi connectivity index (χ1n) is 6.83. The molecule has 1 unspecified atom stereocenters. The highest BCUT2D eigenvalue weighted by molar-refractivity contribution is 7.09. The molecule has 0 bridgehead atoms. The number of carboxylic acid groups (broad SMARTS) is 1. The normalized spacial score (nSPS) is 18.7. The minimum Gasteiger partial charge on any atom is -0.476 e. The lowest BCUT2D eigenvalue weighted by Gasteiger charge is -2.22. The zero-order valence-corrected chi connectivity index (χ0v) is 12.0. The average molecular weight is 297 g/mol. The van der Waals surface area contributed by atoms with E-state index in [9.17, 15) is 9.59 Å². The highest BCUT2D eigenvalue weighted by Gasteiger charge is 2.14. The van der Waals surface area contributed by atoms with Gasteiger partial charge in [-0.15, -0.1) is 11.3 Å². The molecule has 1 fully saturated rings. The van der Waals surface area contributed by atoms with Crippen LogP contribution in [0.4, 0.5) is 0 Å². The molecule has 0 radical (unpaired) electrons. The number of carbonyl (C=O) groups excluding carboxylic acids is 1. The molecule has 1 amide bonds. The molecule has 6 nitrogen and oxygen atoms in total. The van der Waals surface area contributed by atoms with Crippen molar-refractivity contribution < 1.29 is 14.7 Å². The Hall–Kier alpha value is -1.47. The van der Waals surface area contributed by atoms with Crippen LogP contribution in [-0.2, 0) is 11.3 Å². The molecule has 1 aromatic rings. The topological polar surface area (TPSA) is 91.3 Å². The summed E-state index contributed by atoms with van der Waals surface area (Å²) in [6.45, 7) is 1.35. The molecule has 1 saturated heterocycles. The second-order valence-corrected chi connectivity index (χ2v) is 5.84. The van der Waals surface area contributed by atoms with Crippen molar-refractivity contribution in [1.82, 2.24) is 15.6 Å². The quantitative estimate of drug-likeness (QED) is 0.738. The number of carboxylic acids is 1. The molecule has 110 valence electrons. The van der Waals surface area contributed by atoms with E-state index in [1.807, 2.05) is 0 Å². The first kappa shape index (κ1) is 14.9. The molecule has 1 atom stereocenters. The molecule has 2 heterocycles. The summed E-state index contributed by atoms with van der Waals surface area (Å²) < 4.78 is 0. The maximum atomic E-state index is 11.7. The zero-order chi connectivity index (χ0) is 14.4. The number of hydrogen-bond donors (Lipinski definition) is 3. The summed E-state index contributed by atoms with van der Waals surface area (Å²) >= 11 is 1.25. The van der Waals surface area contributed by atoms with Gasteiger partial charge in [0.25, 0.3) is 0 Å². The van der Waals surface area contributed by atoms with Crippen molar-refractivity contribution >= 4 is 23.2 Å². The number of rotatable bonds is 6. The van der Waals surface area contributed by atoms with Crippen molar-refractivity contribution in [3.8, 4) is 0 Å². The maximum absolute atomic E-state index is 11.7. The first-order chi connectivity index (χ1) is 9.65. The number of carbonyl (C=O) groups is 2. The number of hydrogen-bond acceptors (Lipinski definition) is 5. The molecule has 7 heteroatoms. The van der Waals surface area contributed by atoms with Gasteiger partial charge in [-0.2, -0.15) is 0 Å². The Morgan fingerprint density at radius 3 is 3.00 bits per heavy atom. The van der Waals surface area contributed by atoms with Crippen LogP contribution in [0.15, 0.2) is 5.38 Å². The lowest BCUT2D eigenvalue weighted by molar-refractivity contribution is -0.121. The van der Waals surface area contributed by atoms with Gasteiger partial charge in [0.2, 0.25) is 5.91 Å². The van der Waals surface area contributed by atoms with Crippen molar-refractivity contribution in [3.63, 3.8) is 0 Å². The number of amides is 1.